The fraction of sp³-hybridized carbons (Fsp3) is 0. The van der Waals surface area contributed by atoms with Gasteiger partial charge in [-0.15, -0.1) is 11.3 Å². The molecule has 0 aliphatic rings. The Hall–Kier alpha value is -2.42. The number of hydrogen-bond acceptors (Lipinski definition) is 2. The summed E-state index contributed by atoms with van der Waals surface area (Å²) in [5.41, 5.74) is 5.37. The maximum absolute atomic E-state index is 6.03. The van der Waals surface area contributed by atoms with Crippen molar-refractivity contribution < 1.29 is 0 Å². The SMILES string of the molecule is Clc1ccc(-c2cc(-c3ccccc3)nc(-c3cccs3)c2)cc1. The fourth-order valence-electron chi connectivity index (χ4n) is 2.65. The molecule has 116 valence electrons. The number of hydrogen-bond donors (Lipinski definition) is 0. The molecule has 0 aliphatic carbocycles. The van der Waals surface area contributed by atoms with E-state index in [1.54, 1.807) is 11.3 Å². The molecule has 0 saturated heterocycles. The van der Waals surface area contributed by atoms with Gasteiger partial charge in [-0.25, -0.2) is 4.98 Å². The van der Waals surface area contributed by atoms with Crippen LogP contribution in [0.25, 0.3) is 33.0 Å². The van der Waals surface area contributed by atoms with Crippen LogP contribution in [0.3, 0.4) is 0 Å². The molecule has 0 bridgehead atoms. The summed E-state index contributed by atoms with van der Waals surface area (Å²) in [6, 6.07) is 26.6. The van der Waals surface area contributed by atoms with E-state index in [1.807, 2.05) is 42.5 Å². The third kappa shape index (κ3) is 3.12. The number of aromatic nitrogens is 1. The molecular weight excluding hydrogens is 334 g/mol. The normalized spacial score (nSPS) is 10.7. The molecule has 2 aromatic carbocycles. The summed E-state index contributed by atoms with van der Waals surface area (Å²) in [7, 11) is 0. The zero-order valence-electron chi connectivity index (χ0n) is 12.8. The van der Waals surface area contributed by atoms with Crippen LogP contribution >= 0.6 is 22.9 Å². The Kier molecular flexibility index (Phi) is 4.16. The van der Waals surface area contributed by atoms with Gasteiger partial charge in [0, 0.05) is 10.6 Å². The monoisotopic (exact) mass is 347 g/mol. The van der Waals surface area contributed by atoms with Gasteiger partial charge in [0.1, 0.15) is 0 Å². The van der Waals surface area contributed by atoms with Gasteiger partial charge >= 0.3 is 0 Å². The van der Waals surface area contributed by atoms with Crippen LogP contribution in [-0.2, 0) is 0 Å². The molecule has 0 unspecified atom stereocenters. The number of benzene rings is 2. The third-order valence-electron chi connectivity index (χ3n) is 3.85. The second kappa shape index (κ2) is 6.60. The minimum Gasteiger partial charge on any atom is -0.247 e. The quantitative estimate of drug-likeness (QED) is 0.397. The van der Waals surface area contributed by atoms with Gasteiger partial charge in [-0.05, 0) is 46.8 Å². The molecule has 0 aliphatic heterocycles. The summed E-state index contributed by atoms with van der Waals surface area (Å²) < 4.78 is 0. The summed E-state index contributed by atoms with van der Waals surface area (Å²) in [5, 5.41) is 2.82. The first-order valence-corrected chi connectivity index (χ1v) is 8.93. The van der Waals surface area contributed by atoms with Gasteiger partial charge in [0.25, 0.3) is 0 Å². The van der Waals surface area contributed by atoms with Crippen LogP contribution in [0.4, 0.5) is 0 Å². The lowest BCUT2D eigenvalue weighted by atomic mass is 10.0. The average molecular weight is 348 g/mol. The van der Waals surface area contributed by atoms with Crippen molar-refractivity contribution in [2.24, 2.45) is 0 Å². The maximum Gasteiger partial charge on any atom is 0.0815 e. The largest absolute Gasteiger partial charge is 0.247 e. The Morgan fingerprint density at radius 2 is 1.42 bits per heavy atom. The van der Waals surface area contributed by atoms with Gasteiger partial charge in [-0.1, -0.05) is 60.1 Å². The predicted molar refractivity (Wildman–Crippen MR) is 103 cm³/mol. The van der Waals surface area contributed by atoms with E-state index in [-0.39, 0.29) is 0 Å². The van der Waals surface area contributed by atoms with Gasteiger partial charge in [-0.2, -0.15) is 0 Å². The van der Waals surface area contributed by atoms with Crippen molar-refractivity contribution in [1.82, 2.24) is 4.98 Å². The van der Waals surface area contributed by atoms with Gasteiger partial charge in [0.15, 0.2) is 0 Å². The molecule has 1 nitrogen and oxygen atoms in total. The summed E-state index contributed by atoms with van der Waals surface area (Å²) in [5.74, 6) is 0. The minimum atomic E-state index is 0.745. The van der Waals surface area contributed by atoms with E-state index in [9.17, 15) is 0 Å². The van der Waals surface area contributed by atoms with E-state index in [4.69, 9.17) is 16.6 Å². The number of halogens is 1. The molecule has 0 amide bonds. The third-order valence-corrected chi connectivity index (χ3v) is 4.99. The Bertz CT molecular complexity index is 945. The van der Waals surface area contributed by atoms with Gasteiger partial charge < -0.3 is 0 Å². The topological polar surface area (TPSA) is 12.9 Å². The number of nitrogens with zero attached hydrogens (tertiary/aromatic N) is 1. The molecule has 0 atom stereocenters. The van der Waals surface area contributed by atoms with E-state index in [2.05, 4.69) is 41.8 Å². The Labute approximate surface area is 150 Å². The zero-order chi connectivity index (χ0) is 16.4. The first-order valence-electron chi connectivity index (χ1n) is 7.67. The number of pyridine rings is 1. The zero-order valence-corrected chi connectivity index (χ0v) is 14.4. The van der Waals surface area contributed by atoms with E-state index in [0.717, 1.165) is 33.1 Å². The Balaban J connectivity index is 1.90. The van der Waals surface area contributed by atoms with Crippen LogP contribution in [0.5, 0.6) is 0 Å². The second-order valence-electron chi connectivity index (χ2n) is 5.48. The van der Waals surface area contributed by atoms with E-state index in [0.29, 0.717) is 0 Å². The molecule has 0 N–H and O–H groups in total. The van der Waals surface area contributed by atoms with Crippen LogP contribution in [0, 0.1) is 0 Å². The van der Waals surface area contributed by atoms with Crippen molar-refractivity contribution in [3.05, 3.63) is 89.3 Å². The van der Waals surface area contributed by atoms with Gasteiger partial charge in [0.05, 0.1) is 16.3 Å². The molecule has 2 heterocycles. The fourth-order valence-corrected chi connectivity index (χ4v) is 3.46. The highest BCUT2D eigenvalue weighted by molar-refractivity contribution is 7.13. The summed E-state index contributed by atoms with van der Waals surface area (Å²) in [6.07, 6.45) is 0. The molecule has 0 fully saturated rings. The Morgan fingerprint density at radius 3 is 2.12 bits per heavy atom. The number of rotatable bonds is 3. The lowest BCUT2D eigenvalue weighted by Crippen LogP contribution is -1.89. The molecule has 0 radical (unpaired) electrons. The average Bonchev–Trinajstić information content (AvgIpc) is 3.17. The molecule has 24 heavy (non-hydrogen) atoms. The summed E-state index contributed by atoms with van der Waals surface area (Å²) in [4.78, 5) is 6.04. The van der Waals surface area contributed by atoms with Crippen LogP contribution in [0.1, 0.15) is 0 Å². The molecular formula is C21H14ClNS. The van der Waals surface area contributed by atoms with Crippen LogP contribution in [-0.4, -0.2) is 4.98 Å². The first kappa shape index (κ1) is 15.1. The van der Waals surface area contributed by atoms with E-state index >= 15 is 0 Å². The standard InChI is InChI=1S/C21H14ClNS/c22-18-10-8-15(9-11-18)17-13-19(16-5-2-1-3-6-16)23-20(14-17)21-7-4-12-24-21/h1-14H. The van der Waals surface area contributed by atoms with Gasteiger partial charge in [-0.3, -0.25) is 0 Å². The van der Waals surface area contributed by atoms with Crippen molar-refractivity contribution in [1.29, 1.82) is 0 Å². The Morgan fingerprint density at radius 1 is 0.667 bits per heavy atom. The van der Waals surface area contributed by atoms with Crippen molar-refractivity contribution in [2.45, 2.75) is 0 Å². The van der Waals surface area contributed by atoms with Crippen molar-refractivity contribution in [3.63, 3.8) is 0 Å². The van der Waals surface area contributed by atoms with Crippen molar-refractivity contribution in [2.75, 3.05) is 0 Å². The van der Waals surface area contributed by atoms with Crippen LogP contribution < -0.4 is 0 Å². The van der Waals surface area contributed by atoms with Crippen LogP contribution in [0.2, 0.25) is 5.02 Å². The lowest BCUT2D eigenvalue weighted by Gasteiger charge is -2.09. The molecule has 3 heteroatoms. The second-order valence-corrected chi connectivity index (χ2v) is 6.86. The summed E-state index contributed by atoms with van der Waals surface area (Å²) in [6.45, 7) is 0. The minimum absolute atomic E-state index is 0.745. The number of thiophene rings is 1. The highest BCUT2D eigenvalue weighted by Crippen LogP contribution is 2.32. The van der Waals surface area contributed by atoms with Crippen molar-refractivity contribution >= 4 is 22.9 Å². The lowest BCUT2D eigenvalue weighted by molar-refractivity contribution is 1.33. The molecule has 0 saturated carbocycles. The van der Waals surface area contributed by atoms with E-state index in [1.165, 1.54) is 4.88 Å². The highest BCUT2D eigenvalue weighted by Gasteiger charge is 2.09. The maximum atomic E-state index is 6.03. The van der Waals surface area contributed by atoms with E-state index < -0.39 is 0 Å². The molecule has 0 spiro atoms. The van der Waals surface area contributed by atoms with Gasteiger partial charge in [0.2, 0.25) is 0 Å². The molecule has 2 aromatic heterocycles. The van der Waals surface area contributed by atoms with Crippen molar-refractivity contribution in [3.8, 4) is 33.0 Å². The first-order chi connectivity index (χ1) is 11.8. The summed E-state index contributed by atoms with van der Waals surface area (Å²) >= 11 is 7.73. The van der Waals surface area contributed by atoms with Crippen LogP contribution in [0.15, 0.2) is 84.2 Å². The highest BCUT2D eigenvalue weighted by atomic mass is 35.5. The molecule has 4 aromatic rings. The predicted octanol–water partition coefficient (Wildman–Crippen LogP) is 6.80. The molecule has 4 rings (SSSR count). The smallest absolute Gasteiger partial charge is 0.0815 e.